The number of aryl methyl sites for hydroxylation is 1. The van der Waals surface area contributed by atoms with E-state index in [0.29, 0.717) is 5.69 Å². The normalized spacial score (nSPS) is 11.5. The van der Waals surface area contributed by atoms with E-state index < -0.39 is 30.4 Å². The number of para-hydroxylation sites is 1. The molecule has 7 heteroatoms. The lowest BCUT2D eigenvalue weighted by atomic mass is 10.1. The lowest BCUT2D eigenvalue weighted by Crippen LogP contribution is -2.45. The second kappa shape index (κ2) is 7.88. The largest absolute Gasteiger partial charge is 0.480 e. The van der Waals surface area contributed by atoms with Crippen LogP contribution in [0.3, 0.4) is 0 Å². The van der Waals surface area contributed by atoms with Crippen LogP contribution < -0.4 is 16.4 Å². The fourth-order valence-electron chi connectivity index (χ4n) is 1.85. The van der Waals surface area contributed by atoms with E-state index in [4.69, 9.17) is 10.8 Å². The summed E-state index contributed by atoms with van der Waals surface area (Å²) in [5.41, 5.74) is 6.52. The Morgan fingerprint density at radius 2 is 1.95 bits per heavy atom. The second-order valence-corrected chi connectivity index (χ2v) is 4.57. The number of carbonyl (C=O) groups excluding carboxylic acids is 2. The molecule has 7 nitrogen and oxygen atoms in total. The monoisotopic (exact) mass is 293 g/mol. The standard InChI is InChI=1S/C14H19N3O4/c1-2-5-9-6-3-4-7-10(9)16-14(21)17-11(13(19)20)8-12(15)18/h3-4,6-7,11H,2,5,8H2,1H3,(H2,15,18)(H,19,20)(H2,16,17,21)/t11-/m1/s1. The van der Waals surface area contributed by atoms with Crippen molar-refractivity contribution in [2.24, 2.45) is 5.73 Å². The minimum Gasteiger partial charge on any atom is -0.480 e. The second-order valence-electron chi connectivity index (χ2n) is 4.57. The van der Waals surface area contributed by atoms with Gasteiger partial charge in [-0.05, 0) is 18.1 Å². The van der Waals surface area contributed by atoms with Gasteiger partial charge < -0.3 is 21.5 Å². The molecule has 0 aliphatic rings. The van der Waals surface area contributed by atoms with Crippen molar-refractivity contribution in [1.82, 2.24) is 5.32 Å². The molecule has 1 aromatic carbocycles. The molecule has 0 fully saturated rings. The molecule has 1 aromatic rings. The number of amides is 3. The Balaban J connectivity index is 2.72. The van der Waals surface area contributed by atoms with Gasteiger partial charge in [0, 0.05) is 5.69 Å². The zero-order valence-corrected chi connectivity index (χ0v) is 11.8. The predicted octanol–water partition coefficient (Wildman–Crippen LogP) is 1.09. The first-order valence-corrected chi connectivity index (χ1v) is 6.60. The van der Waals surface area contributed by atoms with Gasteiger partial charge >= 0.3 is 12.0 Å². The highest BCUT2D eigenvalue weighted by Gasteiger charge is 2.22. The van der Waals surface area contributed by atoms with E-state index in [0.717, 1.165) is 18.4 Å². The quantitative estimate of drug-likeness (QED) is 0.601. The van der Waals surface area contributed by atoms with Crippen LogP contribution in [0.1, 0.15) is 25.3 Å². The number of anilines is 1. The molecule has 0 aromatic heterocycles. The molecule has 0 saturated carbocycles. The summed E-state index contributed by atoms with van der Waals surface area (Å²) >= 11 is 0. The summed E-state index contributed by atoms with van der Waals surface area (Å²) in [7, 11) is 0. The lowest BCUT2D eigenvalue weighted by molar-refractivity contribution is -0.140. The predicted molar refractivity (Wildman–Crippen MR) is 77.8 cm³/mol. The zero-order chi connectivity index (χ0) is 15.8. The maximum atomic E-state index is 11.8. The molecule has 0 aliphatic heterocycles. The van der Waals surface area contributed by atoms with Gasteiger partial charge in [-0.2, -0.15) is 0 Å². The Morgan fingerprint density at radius 3 is 2.52 bits per heavy atom. The van der Waals surface area contributed by atoms with Gasteiger partial charge in [-0.1, -0.05) is 31.5 Å². The van der Waals surface area contributed by atoms with E-state index >= 15 is 0 Å². The van der Waals surface area contributed by atoms with E-state index in [2.05, 4.69) is 10.6 Å². The highest BCUT2D eigenvalue weighted by atomic mass is 16.4. The molecule has 0 aliphatic carbocycles. The highest BCUT2D eigenvalue weighted by Crippen LogP contribution is 2.16. The van der Waals surface area contributed by atoms with Gasteiger partial charge in [0.2, 0.25) is 5.91 Å². The molecule has 0 unspecified atom stereocenters. The van der Waals surface area contributed by atoms with Gasteiger partial charge in [-0.15, -0.1) is 0 Å². The Kier molecular flexibility index (Phi) is 6.19. The summed E-state index contributed by atoms with van der Waals surface area (Å²) in [4.78, 5) is 33.6. The Labute approximate surface area is 122 Å². The Hall–Kier alpha value is -2.57. The summed E-state index contributed by atoms with van der Waals surface area (Å²) in [5.74, 6) is -2.11. The molecule has 1 atom stereocenters. The topological polar surface area (TPSA) is 122 Å². The van der Waals surface area contributed by atoms with Crippen molar-refractivity contribution in [2.75, 3.05) is 5.32 Å². The SMILES string of the molecule is CCCc1ccccc1NC(=O)N[C@H](CC(N)=O)C(=O)O. The number of hydrogen-bond acceptors (Lipinski definition) is 3. The molecule has 1 rings (SSSR count). The van der Waals surface area contributed by atoms with Crippen LogP contribution in [0.2, 0.25) is 0 Å². The van der Waals surface area contributed by atoms with Gasteiger partial charge in [0.05, 0.1) is 6.42 Å². The van der Waals surface area contributed by atoms with Gasteiger partial charge in [0.1, 0.15) is 6.04 Å². The third-order valence-electron chi connectivity index (χ3n) is 2.79. The van der Waals surface area contributed by atoms with Crippen LogP contribution in [-0.4, -0.2) is 29.1 Å². The number of hydrogen-bond donors (Lipinski definition) is 4. The van der Waals surface area contributed by atoms with Crippen molar-refractivity contribution in [3.63, 3.8) is 0 Å². The fourth-order valence-corrected chi connectivity index (χ4v) is 1.85. The number of urea groups is 1. The first-order valence-electron chi connectivity index (χ1n) is 6.60. The number of benzene rings is 1. The van der Waals surface area contributed by atoms with Crippen LogP contribution >= 0.6 is 0 Å². The summed E-state index contributed by atoms with van der Waals surface area (Å²) in [6.45, 7) is 2.02. The molecule has 0 saturated heterocycles. The number of carbonyl (C=O) groups is 3. The van der Waals surface area contributed by atoms with Crippen LogP contribution in [0.15, 0.2) is 24.3 Å². The van der Waals surface area contributed by atoms with E-state index in [1.807, 2.05) is 19.1 Å². The molecule has 0 bridgehead atoms. The number of carboxylic acids is 1. The van der Waals surface area contributed by atoms with Crippen molar-refractivity contribution in [3.05, 3.63) is 29.8 Å². The number of nitrogens with two attached hydrogens (primary N) is 1. The number of aliphatic carboxylic acids is 1. The van der Waals surface area contributed by atoms with Crippen LogP contribution in [0, 0.1) is 0 Å². The molecule has 5 N–H and O–H groups in total. The molecule has 114 valence electrons. The van der Waals surface area contributed by atoms with Gasteiger partial charge in [0.25, 0.3) is 0 Å². The van der Waals surface area contributed by atoms with Gasteiger partial charge in [-0.3, -0.25) is 4.79 Å². The van der Waals surface area contributed by atoms with Gasteiger partial charge in [0.15, 0.2) is 0 Å². The highest BCUT2D eigenvalue weighted by molar-refractivity contribution is 5.94. The molecule has 3 amide bonds. The van der Waals surface area contributed by atoms with Crippen molar-refractivity contribution in [2.45, 2.75) is 32.2 Å². The molecule has 0 heterocycles. The third-order valence-corrected chi connectivity index (χ3v) is 2.79. The molecular formula is C14H19N3O4. The minimum absolute atomic E-state index is 0.459. The van der Waals surface area contributed by atoms with Crippen LogP contribution in [0.5, 0.6) is 0 Å². The summed E-state index contributed by atoms with van der Waals surface area (Å²) < 4.78 is 0. The van der Waals surface area contributed by atoms with Crippen LogP contribution in [0.4, 0.5) is 10.5 Å². The van der Waals surface area contributed by atoms with Crippen LogP contribution in [0.25, 0.3) is 0 Å². The average Bonchev–Trinajstić information content (AvgIpc) is 2.40. The summed E-state index contributed by atoms with van der Waals surface area (Å²) in [6, 6.07) is 5.22. The van der Waals surface area contributed by atoms with Gasteiger partial charge in [-0.25, -0.2) is 9.59 Å². The van der Waals surface area contributed by atoms with E-state index in [9.17, 15) is 14.4 Å². The fraction of sp³-hybridized carbons (Fsp3) is 0.357. The maximum absolute atomic E-state index is 11.8. The van der Waals surface area contributed by atoms with Crippen molar-refractivity contribution >= 4 is 23.6 Å². The van der Waals surface area contributed by atoms with Crippen molar-refractivity contribution < 1.29 is 19.5 Å². The summed E-state index contributed by atoms with van der Waals surface area (Å²) in [6.07, 6.45) is 1.25. The van der Waals surface area contributed by atoms with E-state index in [1.54, 1.807) is 12.1 Å². The first-order chi connectivity index (χ1) is 9.93. The Morgan fingerprint density at radius 1 is 1.29 bits per heavy atom. The van der Waals surface area contributed by atoms with E-state index in [1.165, 1.54) is 0 Å². The number of primary amides is 1. The lowest BCUT2D eigenvalue weighted by Gasteiger charge is -2.15. The molecule has 21 heavy (non-hydrogen) atoms. The number of rotatable bonds is 7. The maximum Gasteiger partial charge on any atom is 0.326 e. The van der Waals surface area contributed by atoms with E-state index in [-0.39, 0.29) is 0 Å². The molecule has 0 spiro atoms. The molecule has 0 radical (unpaired) electrons. The minimum atomic E-state index is -1.35. The molecular weight excluding hydrogens is 274 g/mol. The number of nitrogens with one attached hydrogen (secondary N) is 2. The summed E-state index contributed by atoms with van der Waals surface area (Å²) in [5, 5.41) is 13.7. The van der Waals surface area contributed by atoms with Crippen molar-refractivity contribution in [1.29, 1.82) is 0 Å². The first kappa shape index (κ1) is 16.5. The Bertz CT molecular complexity index is 531. The van der Waals surface area contributed by atoms with Crippen molar-refractivity contribution in [3.8, 4) is 0 Å². The zero-order valence-electron chi connectivity index (χ0n) is 11.8. The smallest absolute Gasteiger partial charge is 0.326 e. The average molecular weight is 293 g/mol. The van der Waals surface area contributed by atoms with Crippen LogP contribution in [-0.2, 0) is 16.0 Å². The third kappa shape index (κ3) is 5.52. The number of carboxylic acid groups (broad SMARTS) is 1.